The molecule has 0 saturated carbocycles. The normalized spacial score (nSPS) is 14.4. The van der Waals surface area contributed by atoms with E-state index in [0.717, 1.165) is 17.7 Å². The summed E-state index contributed by atoms with van der Waals surface area (Å²) >= 11 is 5.75. The van der Waals surface area contributed by atoms with Gasteiger partial charge in [-0.2, -0.15) is 4.31 Å². The molecule has 0 fully saturated rings. The van der Waals surface area contributed by atoms with E-state index >= 15 is 0 Å². The van der Waals surface area contributed by atoms with E-state index in [-0.39, 0.29) is 28.9 Å². The van der Waals surface area contributed by atoms with E-state index in [9.17, 15) is 17.9 Å². The lowest BCUT2D eigenvalue weighted by molar-refractivity contribution is 0.116. The minimum absolute atomic E-state index is 0.0169. The predicted molar refractivity (Wildman–Crippen MR) is 109 cm³/mol. The van der Waals surface area contributed by atoms with Crippen LogP contribution in [0.1, 0.15) is 19.4 Å². The number of nitrogens with zero attached hydrogens (tertiary/aromatic N) is 1. The lowest BCUT2D eigenvalue weighted by Crippen LogP contribution is -2.47. The molecule has 2 rings (SSSR count). The molecule has 0 aliphatic carbocycles. The molecule has 0 spiro atoms. The molecule has 2 unspecified atom stereocenters. The Morgan fingerprint density at radius 3 is 2.36 bits per heavy atom. The molecule has 0 aromatic heterocycles. The summed E-state index contributed by atoms with van der Waals surface area (Å²) in [6.07, 6.45) is -0.649. The standard InChI is InChI=1S/C20H26ClFN2O3S/c1-14(2)12-24(28(26,27)16-8-9-18(22)17(21)11-16)13-20(25)19(23)10-15-6-4-3-5-7-15/h3-9,11,14,19-20,25H,10,12-13,23H2,1-2H3. The predicted octanol–water partition coefficient (Wildman–Crippen LogP) is 3.06. The van der Waals surface area contributed by atoms with Gasteiger partial charge in [-0.15, -0.1) is 0 Å². The average Bonchev–Trinajstić information content (AvgIpc) is 2.63. The molecule has 2 atom stereocenters. The van der Waals surface area contributed by atoms with Gasteiger partial charge in [-0.25, -0.2) is 12.8 Å². The van der Waals surface area contributed by atoms with Crippen LogP contribution in [0.2, 0.25) is 5.02 Å². The fourth-order valence-electron chi connectivity index (χ4n) is 2.83. The van der Waals surface area contributed by atoms with Crippen LogP contribution in [0.5, 0.6) is 0 Å². The quantitative estimate of drug-likeness (QED) is 0.643. The Morgan fingerprint density at radius 1 is 1.14 bits per heavy atom. The highest BCUT2D eigenvalue weighted by Gasteiger charge is 2.30. The van der Waals surface area contributed by atoms with E-state index in [1.54, 1.807) is 0 Å². The second-order valence-corrected chi connectivity index (χ2v) is 9.56. The molecule has 0 radical (unpaired) electrons. The first-order valence-electron chi connectivity index (χ1n) is 9.04. The second-order valence-electron chi connectivity index (χ2n) is 7.21. The van der Waals surface area contributed by atoms with Crippen molar-refractivity contribution in [2.24, 2.45) is 11.7 Å². The summed E-state index contributed by atoms with van der Waals surface area (Å²) in [5, 5.41) is 10.3. The van der Waals surface area contributed by atoms with Crippen molar-refractivity contribution in [2.45, 2.75) is 37.3 Å². The van der Waals surface area contributed by atoms with E-state index in [4.69, 9.17) is 17.3 Å². The van der Waals surface area contributed by atoms with Gasteiger partial charge in [-0.3, -0.25) is 0 Å². The Kier molecular flexibility index (Phi) is 7.97. The van der Waals surface area contributed by atoms with Gasteiger partial charge in [-0.1, -0.05) is 55.8 Å². The first-order valence-corrected chi connectivity index (χ1v) is 10.9. The van der Waals surface area contributed by atoms with Crippen LogP contribution in [-0.2, 0) is 16.4 Å². The Bertz CT molecular complexity index is 878. The number of hydrogen-bond acceptors (Lipinski definition) is 4. The van der Waals surface area contributed by atoms with Crippen LogP contribution in [0.25, 0.3) is 0 Å². The Morgan fingerprint density at radius 2 is 1.79 bits per heavy atom. The summed E-state index contributed by atoms with van der Waals surface area (Å²) in [5.74, 6) is -0.677. The van der Waals surface area contributed by atoms with Crippen molar-refractivity contribution in [3.8, 4) is 0 Å². The van der Waals surface area contributed by atoms with E-state index in [1.165, 1.54) is 10.4 Å². The third-order valence-corrected chi connectivity index (χ3v) is 6.41. The van der Waals surface area contributed by atoms with Crippen molar-refractivity contribution in [2.75, 3.05) is 13.1 Å². The molecule has 2 aromatic carbocycles. The average molecular weight is 429 g/mol. The summed E-state index contributed by atoms with van der Waals surface area (Å²) < 4.78 is 40.7. The summed E-state index contributed by atoms with van der Waals surface area (Å²) in [5.41, 5.74) is 7.07. The Hall–Kier alpha value is -1.51. The van der Waals surface area contributed by atoms with E-state index in [2.05, 4.69) is 0 Å². The molecule has 8 heteroatoms. The highest BCUT2D eigenvalue weighted by molar-refractivity contribution is 7.89. The van der Waals surface area contributed by atoms with Crippen LogP contribution in [-0.4, -0.2) is 43.1 Å². The van der Waals surface area contributed by atoms with Gasteiger partial charge in [0.1, 0.15) is 5.82 Å². The van der Waals surface area contributed by atoms with Crippen LogP contribution in [0, 0.1) is 11.7 Å². The lowest BCUT2D eigenvalue weighted by atomic mass is 10.0. The van der Waals surface area contributed by atoms with Gasteiger partial charge < -0.3 is 10.8 Å². The maximum absolute atomic E-state index is 13.4. The maximum atomic E-state index is 13.4. The number of halogens is 2. The molecule has 154 valence electrons. The third-order valence-electron chi connectivity index (χ3n) is 4.30. The summed E-state index contributed by atoms with van der Waals surface area (Å²) in [4.78, 5) is -0.122. The van der Waals surface area contributed by atoms with Crippen molar-refractivity contribution >= 4 is 21.6 Å². The number of aliphatic hydroxyl groups is 1. The van der Waals surface area contributed by atoms with Crippen molar-refractivity contribution < 1.29 is 17.9 Å². The zero-order valence-electron chi connectivity index (χ0n) is 15.9. The van der Waals surface area contributed by atoms with Gasteiger partial charge in [0.05, 0.1) is 16.0 Å². The first kappa shape index (κ1) is 22.8. The Balaban J connectivity index is 2.21. The fraction of sp³-hybridized carbons (Fsp3) is 0.400. The lowest BCUT2D eigenvalue weighted by Gasteiger charge is -2.28. The molecule has 0 saturated heterocycles. The van der Waals surface area contributed by atoms with E-state index < -0.39 is 28.0 Å². The van der Waals surface area contributed by atoms with Crippen molar-refractivity contribution in [3.05, 3.63) is 64.9 Å². The Labute approximate surface area is 171 Å². The summed E-state index contributed by atoms with van der Waals surface area (Å²) in [6.45, 7) is 3.77. The molecule has 5 nitrogen and oxygen atoms in total. The third kappa shape index (κ3) is 5.99. The SMILES string of the molecule is CC(C)CN(CC(O)C(N)Cc1ccccc1)S(=O)(=O)c1ccc(F)c(Cl)c1. The number of benzene rings is 2. The number of aliphatic hydroxyl groups excluding tert-OH is 1. The maximum Gasteiger partial charge on any atom is 0.243 e. The van der Waals surface area contributed by atoms with Crippen LogP contribution >= 0.6 is 11.6 Å². The molecule has 0 amide bonds. The molecule has 0 heterocycles. The largest absolute Gasteiger partial charge is 0.390 e. The smallest absolute Gasteiger partial charge is 0.243 e. The number of rotatable bonds is 9. The molecule has 3 N–H and O–H groups in total. The van der Waals surface area contributed by atoms with Crippen molar-refractivity contribution in [1.82, 2.24) is 4.31 Å². The van der Waals surface area contributed by atoms with Crippen molar-refractivity contribution in [3.63, 3.8) is 0 Å². The van der Waals surface area contributed by atoms with E-state index in [1.807, 2.05) is 44.2 Å². The number of sulfonamides is 1. The van der Waals surface area contributed by atoms with Crippen molar-refractivity contribution in [1.29, 1.82) is 0 Å². The highest BCUT2D eigenvalue weighted by atomic mass is 35.5. The molecule has 2 aromatic rings. The van der Waals surface area contributed by atoms with E-state index in [0.29, 0.717) is 6.42 Å². The van der Waals surface area contributed by atoms with Crippen LogP contribution in [0.15, 0.2) is 53.4 Å². The molecular formula is C20H26ClFN2O3S. The van der Waals surface area contributed by atoms with Crippen LogP contribution in [0.4, 0.5) is 4.39 Å². The topological polar surface area (TPSA) is 83.6 Å². The van der Waals surface area contributed by atoms with Crippen LogP contribution < -0.4 is 5.73 Å². The van der Waals surface area contributed by atoms with Gasteiger partial charge in [-0.05, 0) is 36.1 Å². The molecule has 0 bridgehead atoms. The number of nitrogens with two attached hydrogens (primary N) is 1. The molecule has 0 aliphatic heterocycles. The van der Waals surface area contributed by atoms with Crippen LogP contribution in [0.3, 0.4) is 0 Å². The van der Waals surface area contributed by atoms with Gasteiger partial charge >= 0.3 is 0 Å². The van der Waals surface area contributed by atoms with Gasteiger partial charge in [0, 0.05) is 19.1 Å². The summed E-state index contributed by atoms with van der Waals surface area (Å²) in [7, 11) is -3.97. The summed E-state index contributed by atoms with van der Waals surface area (Å²) in [6, 6.07) is 12.1. The fourth-order valence-corrected chi connectivity index (χ4v) is 4.72. The second kappa shape index (κ2) is 9.80. The van der Waals surface area contributed by atoms with Gasteiger partial charge in [0.15, 0.2) is 0 Å². The molecule has 0 aliphatic rings. The monoisotopic (exact) mass is 428 g/mol. The molecule has 28 heavy (non-hydrogen) atoms. The first-order chi connectivity index (χ1) is 13.1. The minimum atomic E-state index is -3.97. The zero-order chi connectivity index (χ0) is 20.9. The van der Waals surface area contributed by atoms with Gasteiger partial charge in [0.2, 0.25) is 10.0 Å². The zero-order valence-corrected chi connectivity index (χ0v) is 17.5. The van der Waals surface area contributed by atoms with Gasteiger partial charge in [0.25, 0.3) is 0 Å². The molecular weight excluding hydrogens is 403 g/mol. The minimum Gasteiger partial charge on any atom is -0.390 e. The number of hydrogen-bond donors (Lipinski definition) is 2. The highest BCUT2D eigenvalue weighted by Crippen LogP contribution is 2.23.